The number of benzene rings is 1. The van der Waals surface area contributed by atoms with Gasteiger partial charge in [-0.3, -0.25) is 4.79 Å². The van der Waals surface area contributed by atoms with Gasteiger partial charge in [-0.05, 0) is 6.07 Å². The summed E-state index contributed by atoms with van der Waals surface area (Å²) in [5, 5.41) is 3.55. The molecule has 2 rings (SSSR count). The topological polar surface area (TPSA) is 90.4 Å². The summed E-state index contributed by atoms with van der Waals surface area (Å²) in [4.78, 5) is 11.5. The van der Waals surface area contributed by atoms with Gasteiger partial charge in [0.15, 0.2) is 5.75 Å². The fraction of sp³-hybridized carbons (Fsp3) is 0.154. The largest absolute Gasteiger partial charge is 0.492 e. The standard InChI is InChI=1S/C13H14FN3O2S/c1-19-10-9(15)11(12(16)18)20-13(10)17-6-7-4-2-3-5-8(7)14/h2-5,17H,6,15H2,1H3,(H2,16,18). The van der Waals surface area contributed by atoms with E-state index in [9.17, 15) is 9.18 Å². The number of rotatable bonds is 5. The van der Waals surface area contributed by atoms with E-state index in [1.165, 1.54) is 13.2 Å². The van der Waals surface area contributed by atoms with Crippen LogP contribution in [0.15, 0.2) is 24.3 Å². The molecule has 0 saturated heterocycles. The highest BCUT2D eigenvalue weighted by molar-refractivity contribution is 7.19. The molecule has 0 bridgehead atoms. The maximum Gasteiger partial charge on any atom is 0.261 e. The van der Waals surface area contributed by atoms with Crippen LogP contribution in [0.1, 0.15) is 15.2 Å². The lowest BCUT2D eigenvalue weighted by Gasteiger charge is -2.07. The van der Waals surface area contributed by atoms with Crippen molar-refractivity contribution in [1.82, 2.24) is 0 Å². The fourth-order valence-electron chi connectivity index (χ4n) is 1.75. The van der Waals surface area contributed by atoms with Gasteiger partial charge in [-0.1, -0.05) is 18.2 Å². The molecule has 5 N–H and O–H groups in total. The zero-order valence-corrected chi connectivity index (χ0v) is 11.6. The molecule has 0 unspecified atom stereocenters. The Bertz CT molecular complexity index is 643. The van der Waals surface area contributed by atoms with Gasteiger partial charge in [0.05, 0.1) is 7.11 Å². The summed E-state index contributed by atoms with van der Waals surface area (Å²) in [6.07, 6.45) is 0. The molecule has 1 aromatic carbocycles. The third-order valence-corrected chi connectivity index (χ3v) is 3.88. The van der Waals surface area contributed by atoms with Crippen LogP contribution < -0.4 is 21.5 Å². The summed E-state index contributed by atoms with van der Waals surface area (Å²) in [6, 6.07) is 6.41. The van der Waals surface area contributed by atoms with Crippen LogP contribution in [-0.2, 0) is 6.54 Å². The molecule has 1 amide bonds. The van der Waals surface area contributed by atoms with Gasteiger partial charge in [0, 0.05) is 12.1 Å². The number of carbonyl (C=O) groups excluding carboxylic acids is 1. The Hall–Kier alpha value is -2.28. The van der Waals surface area contributed by atoms with Crippen LogP contribution in [-0.4, -0.2) is 13.0 Å². The number of anilines is 2. The van der Waals surface area contributed by atoms with Crippen LogP contribution in [0.4, 0.5) is 15.1 Å². The van der Waals surface area contributed by atoms with E-state index in [2.05, 4.69) is 5.32 Å². The lowest BCUT2D eigenvalue weighted by molar-refractivity contribution is 0.100. The van der Waals surface area contributed by atoms with Gasteiger partial charge in [-0.2, -0.15) is 0 Å². The van der Waals surface area contributed by atoms with E-state index in [0.29, 0.717) is 16.3 Å². The van der Waals surface area contributed by atoms with E-state index in [4.69, 9.17) is 16.2 Å². The Morgan fingerprint density at radius 3 is 2.75 bits per heavy atom. The zero-order chi connectivity index (χ0) is 14.7. The van der Waals surface area contributed by atoms with Crippen molar-refractivity contribution in [2.45, 2.75) is 6.54 Å². The average Bonchev–Trinajstić information content (AvgIpc) is 2.74. The molecule has 0 fully saturated rings. The number of halogens is 1. The number of thiophene rings is 1. The molecular weight excluding hydrogens is 281 g/mol. The predicted octanol–water partition coefficient (Wildman–Crippen LogP) is 2.19. The van der Waals surface area contributed by atoms with E-state index >= 15 is 0 Å². The van der Waals surface area contributed by atoms with Gasteiger partial charge in [-0.15, -0.1) is 11.3 Å². The monoisotopic (exact) mass is 295 g/mol. The van der Waals surface area contributed by atoms with Crippen LogP contribution in [0.3, 0.4) is 0 Å². The number of ether oxygens (including phenoxy) is 1. The molecule has 1 heterocycles. The smallest absolute Gasteiger partial charge is 0.261 e. The summed E-state index contributed by atoms with van der Waals surface area (Å²) in [7, 11) is 1.44. The van der Waals surface area contributed by atoms with Crippen LogP contribution >= 0.6 is 11.3 Å². The van der Waals surface area contributed by atoms with Gasteiger partial charge in [0.2, 0.25) is 0 Å². The Morgan fingerprint density at radius 1 is 1.45 bits per heavy atom. The molecule has 0 saturated carbocycles. The number of nitrogen functional groups attached to an aromatic ring is 1. The number of nitrogens with two attached hydrogens (primary N) is 2. The molecule has 0 atom stereocenters. The molecular formula is C13H14FN3O2S. The first-order valence-corrected chi connectivity index (χ1v) is 6.59. The summed E-state index contributed by atoms with van der Waals surface area (Å²) in [6.45, 7) is 0.251. The van der Waals surface area contributed by atoms with Crippen molar-refractivity contribution >= 4 is 27.9 Å². The van der Waals surface area contributed by atoms with Crippen LogP contribution in [0.5, 0.6) is 5.75 Å². The number of primary amides is 1. The lowest BCUT2D eigenvalue weighted by Crippen LogP contribution is -2.10. The zero-order valence-electron chi connectivity index (χ0n) is 10.8. The lowest BCUT2D eigenvalue weighted by atomic mass is 10.2. The van der Waals surface area contributed by atoms with Crippen molar-refractivity contribution in [2.75, 3.05) is 18.2 Å². The quantitative estimate of drug-likeness (QED) is 0.788. The second-order valence-corrected chi connectivity index (χ2v) is 5.04. The maximum absolute atomic E-state index is 13.5. The molecule has 0 aliphatic carbocycles. The fourth-order valence-corrected chi connectivity index (χ4v) is 2.69. The number of amides is 1. The number of hydrogen-bond donors (Lipinski definition) is 3. The van der Waals surface area contributed by atoms with E-state index < -0.39 is 5.91 Å². The molecule has 2 aromatic rings. The minimum absolute atomic E-state index is 0.195. The van der Waals surface area contributed by atoms with Gasteiger partial charge < -0.3 is 21.5 Å². The first kappa shape index (κ1) is 14.1. The van der Waals surface area contributed by atoms with Gasteiger partial charge >= 0.3 is 0 Å². The maximum atomic E-state index is 13.5. The molecule has 7 heteroatoms. The summed E-state index contributed by atoms with van der Waals surface area (Å²) in [5.74, 6) is -0.580. The third kappa shape index (κ3) is 2.67. The highest BCUT2D eigenvalue weighted by Gasteiger charge is 2.20. The molecule has 0 spiro atoms. The number of hydrogen-bond acceptors (Lipinski definition) is 5. The van der Waals surface area contributed by atoms with Crippen molar-refractivity contribution in [2.24, 2.45) is 5.73 Å². The molecule has 1 aromatic heterocycles. The minimum atomic E-state index is -0.621. The Labute approximate surface area is 119 Å². The summed E-state index contributed by atoms with van der Waals surface area (Å²) < 4.78 is 18.7. The molecule has 5 nitrogen and oxygen atoms in total. The Morgan fingerprint density at radius 2 is 2.15 bits per heavy atom. The second kappa shape index (κ2) is 5.79. The minimum Gasteiger partial charge on any atom is -0.492 e. The second-order valence-electron chi connectivity index (χ2n) is 4.02. The highest BCUT2D eigenvalue weighted by Crippen LogP contribution is 2.42. The van der Waals surface area contributed by atoms with Crippen molar-refractivity contribution in [1.29, 1.82) is 0 Å². The van der Waals surface area contributed by atoms with Crippen molar-refractivity contribution in [3.63, 3.8) is 0 Å². The summed E-state index contributed by atoms with van der Waals surface area (Å²) in [5.41, 5.74) is 11.7. The normalized spacial score (nSPS) is 10.3. The van der Waals surface area contributed by atoms with E-state index in [0.717, 1.165) is 11.3 Å². The van der Waals surface area contributed by atoms with Crippen LogP contribution in [0.25, 0.3) is 0 Å². The first-order chi connectivity index (χ1) is 9.54. The van der Waals surface area contributed by atoms with E-state index in [-0.39, 0.29) is 22.9 Å². The van der Waals surface area contributed by atoms with Crippen molar-refractivity contribution in [3.05, 3.63) is 40.5 Å². The molecule has 0 aliphatic rings. The number of methoxy groups -OCH3 is 1. The molecule has 106 valence electrons. The number of carbonyl (C=O) groups is 1. The van der Waals surface area contributed by atoms with Gasteiger partial charge in [-0.25, -0.2) is 4.39 Å². The predicted molar refractivity (Wildman–Crippen MR) is 77.5 cm³/mol. The van der Waals surface area contributed by atoms with Crippen LogP contribution in [0, 0.1) is 5.82 Å². The third-order valence-electron chi connectivity index (χ3n) is 2.72. The molecule has 0 aliphatic heterocycles. The first-order valence-electron chi connectivity index (χ1n) is 5.78. The van der Waals surface area contributed by atoms with Gasteiger partial charge in [0.25, 0.3) is 5.91 Å². The van der Waals surface area contributed by atoms with Crippen molar-refractivity contribution in [3.8, 4) is 5.75 Å². The van der Waals surface area contributed by atoms with E-state index in [1.54, 1.807) is 18.2 Å². The average molecular weight is 295 g/mol. The van der Waals surface area contributed by atoms with E-state index in [1.807, 2.05) is 0 Å². The highest BCUT2D eigenvalue weighted by atomic mass is 32.1. The molecule has 0 radical (unpaired) electrons. The SMILES string of the molecule is COc1c(NCc2ccccc2F)sc(C(N)=O)c1N. The van der Waals surface area contributed by atoms with Crippen molar-refractivity contribution < 1.29 is 13.9 Å². The Kier molecular flexibility index (Phi) is 4.09. The van der Waals surface area contributed by atoms with Crippen LogP contribution in [0.2, 0.25) is 0 Å². The Balaban J connectivity index is 2.24. The van der Waals surface area contributed by atoms with Gasteiger partial charge in [0.1, 0.15) is 21.4 Å². The summed E-state index contributed by atoms with van der Waals surface area (Å²) >= 11 is 1.09. The number of nitrogens with one attached hydrogen (secondary N) is 1. The molecule has 20 heavy (non-hydrogen) atoms.